The second kappa shape index (κ2) is 3.58. The number of hydrogen-bond donors (Lipinski definition) is 0. The van der Waals surface area contributed by atoms with E-state index in [1.165, 1.54) is 25.7 Å². The maximum Gasteiger partial charge on any atom is 0.190 e. The lowest BCUT2D eigenvalue weighted by Gasteiger charge is -2.07. The van der Waals surface area contributed by atoms with Crippen LogP contribution in [0.25, 0.3) is 0 Å². The molecule has 0 amide bonds. The van der Waals surface area contributed by atoms with Crippen molar-refractivity contribution < 1.29 is 4.79 Å². The Bertz CT molecular complexity index is 159. The summed E-state index contributed by atoms with van der Waals surface area (Å²) in [7, 11) is -0.353. The second-order valence-electron chi connectivity index (χ2n) is 2.70. The smallest absolute Gasteiger partial charge is 0.190 e. The van der Waals surface area contributed by atoms with E-state index in [2.05, 4.69) is 0 Å². The van der Waals surface area contributed by atoms with Crippen LogP contribution in [0.5, 0.6) is 0 Å². The van der Waals surface area contributed by atoms with Gasteiger partial charge in [0.05, 0.1) is 0 Å². The Labute approximate surface area is 68.8 Å². The SMILES string of the molecule is CC(=O)S(=S)C1CCCC1. The van der Waals surface area contributed by atoms with Gasteiger partial charge in [-0.05, 0) is 24.0 Å². The molecule has 1 aliphatic rings. The van der Waals surface area contributed by atoms with Gasteiger partial charge in [-0.2, -0.15) is 0 Å². The maximum absolute atomic E-state index is 10.8. The van der Waals surface area contributed by atoms with Gasteiger partial charge in [0.1, 0.15) is 0 Å². The fourth-order valence-electron chi connectivity index (χ4n) is 1.34. The Kier molecular flexibility index (Phi) is 2.98. The first-order valence-corrected chi connectivity index (χ1v) is 5.84. The Hall–Kier alpha value is 0.240. The third-order valence-electron chi connectivity index (χ3n) is 1.89. The zero-order valence-corrected chi connectivity index (χ0v) is 7.76. The normalized spacial score (nSPS) is 22.9. The van der Waals surface area contributed by atoms with Crippen LogP contribution in [0.3, 0.4) is 0 Å². The fraction of sp³-hybridized carbons (Fsp3) is 0.857. The lowest BCUT2D eigenvalue weighted by atomic mass is 10.4. The molecule has 10 heavy (non-hydrogen) atoms. The molecule has 58 valence electrons. The molecule has 0 saturated heterocycles. The summed E-state index contributed by atoms with van der Waals surface area (Å²) in [5.41, 5.74) is 0. The molecule has 0 bridgehead atoms. The number of carbonyl (C=O) groups excluding carboxylic acids is 1. The standard InChI is InChI=1S/C7H12OS2/c1-6(8)10(9)7-4-2-3-5-7/h7H,2-5H2,1H3. The summed E-state index contributed by atoms with van der Waals surface area (Å²) in [5.74, 6) is 0. The van der Waals surface area contributed by atoms with Crippen molar-refractivity contribution in [1.29, 1.82) is 0 Å². The highest BCUT2D eigenvalue weighted by Crippen LogP contribution is 2.23. The van der Waals surface area contributed by atoms with Crippen molar-refractivity contribution in [3.63, 3.8) is 0 Å². The van der Waals surface area contributed by atoms with E-state index in [0.717, 1.165) is 0 Å². The highest BCUT2D eigenvalue weighted by Gasteiger charge is 2.20. The molecule has 1 atom stereocenters. The minimum atomic E-state index is -0.353. The molecular formula is C7H12OS2. The second-order valence-corrected chi connectivity index (χ2v) is 5.61. The van der Waals surface area contributed by atoms with E-state index in [0.29, 0.717) is 5.25 Å². The molecule has 0 aromatic heterocycles. The van der Waals surface area contributed by atoms with E-state index in [-0.39, 0.29) is 14.6 Å². The van der Waals surface area contributed by atoms with Gasteiger partial charge in [0.2, 0.25) is 0 Å². The maximum atomic E-state index is 10.8. The molecule has 0 N–H and O–H groups in total. The van der Waals surface area contributed by atoms with Crippen molar-refractivity contribution in [3.05, 3.63) is 0 Å². The lowest BCUT2D eigenvalue weighted by molar-refractivity contribution is -0.109. The van der Waals surface area contributed by atoms with Gasteiger partial charge in [-0.3, -0.25) is 4.79 Å². The quantitative estimate of drug-likeness (QED) is 0.603. The molecule has 0 aromatic rings. The highest BCUT2D eigenvalue weighted by molar-refractivity contribution is 8.37. The van der Waals surface area contributed by atoms with Gasteiger partial charge in [-0.15, -0.1) is 0 Å². The minimum Gasteiger partial charge on any atom is -0.287 e. The third-order valence-corrected chi connectivity index (χ3v) is 5.05. The van der Waals surface area contributed by atoms with E-state index in [4.69, 9.17) is 11.2 Å². The summed E-state index contributed by atoms with van der Waals surface area (Å²) in [6.07, 6.45) is 4.93. The first-order valence-electron chi connectivity index (χ1n) is 3.63. The predicted molar refractivity (Wildman–Crippen MR) is 47.7 cm³/mol. The number of carbonyl (C=O) groups is 1. The minimum absolute atomic E-state index is 0.210. The average Bonchev–Trinajstić information content (AvgIpc) is 2.36. The van der Waals surface area contributed by atoms with E-state index < -0.39 is 0 Å². The van der Waals surface area contributed by atoms with Gasteiger partial charge < -0.3 is 0 Å². The molecule has 0 spiro atoms. The van der Waals surface area contributed by atoms with Crippen LogP contribution in [0.4, 0.5) is 0 Å². The molecule has 1 unspecified atom stereocenters. The van der Waals surface area contributed by atoms with Crippen LogP contribution in [-0.4, -0.2) is 10.4 Å². The highest BCUT2D eigenvalue weighted by atomic mass is 32.8. The van der Waals surface area contributed by atoms with Crippen molar-refractivity contribution in [3.8, 4) is 0 Å². The summed E-state index contributed by atoms with van der Waals surface area (Å²) >= 11 is 5.10. The monoisotopic (exact) mass is 176 g/mol. The van der Waals surface area contributed by atoms with Crippen LogP contribution in [-0.2, 0) is 25.4 Å². The van der Waals surface area contributed by atoms with E-state index in [9.17, 15) is 4.79 Å². The Morgan fingerprint density at radius 2 is 2.00 bits per heavy atom. The zero-order chi connectivity index (χ0) is 7.56. The van der Waals surface area contributed by atoms with Gasteiger partial charge >= 0.3 is 0 Å². The van der Waals surface area contributed by atoms with Crippen molar-refractivity contribution in [1.82, 2.24) is 0 Å². The summed E-state index contributed by atoms with van der Waals surface area (Å²) in [6.45, 7) is 1.62. The summed E-state index contributed by atoms with van der Waals surface area (Å²) in [5, 5.41) is 0.759. The Morgan fingerprint density at radius 1 is 1.50 bits per heavy atom. The zero-order valence-electron chi connectivity index (χ0n) is 6.13. The molecule has 0 aromatic carbocycles. The van der Waals surface area contributed by atoms with Crippen molar-refractivity contribution in [2.75, 3.05) is 0 Å². The lowest BCUT2D eigenvalue weighted by Crippen LogP contribution is -2.15. The predicted octanol–water partition coefficient (Wildman–Crippen LogP) is 1.56. The molecule has 1 nitrogen and oxygen atoms in total. The molecule has 1 aliphatic carbocycles. The van der Waals surface area contributed by atoms with Crippen LogP contribution in [0.2, 0.25) is 0 Å². The van der Waals surface area contributed by atoms with Crippen molar-refractivity contribution in [2.24, 2.45) is 0 Å². The molecular weight excluding hydrogens is 164 g/mol. The summed E-state index contributed by atoms with van der Waals surface area (Å²) in [6, 6.07) is 0. The van der Waals surface area contributed by atoms with Crippen LogP contribution in [0, 0.1) is 0 Å². The third kappa shape index (κ3) is 1.86. The molecule has 0 heterocycles. The van der Waals surface area contributed by atoms with Crippen LogP contribution < -0.4 is 0 Å². The molecule has 0 radical (unpaired) electrons. The first-order chi connectivity index (χ1) is 4.72. The van der Waals surface area contributed by atoms with E-state index in [1.54, 1.807) is 6.92 Å². The number of rotatable bonds is 1. The largest absolute Gasteiger partial charge is 0.287 e. The van der Waals surface area contributed by atoms with Gasteiger partial charge in [-0.25, -0.2) is 0 Å². The van der Waals surface area contributed by atoms with E-state index in [1.807, 2.05) is 0 Å². The fourth-order valence-corrected chi connectivity index (χ4v) is 3.15. The molecule has 0 aliphatic heterocycles. The first kappa shape index (κ1) is 8.34. The molecule has 1 saturated carbocycles. The molecule has 1 fully saturated rings. The van der Waals surface area contributed by atoms with Gasteiger partial charge in [0.25, 0.3) is 0 Å². The van der Waals surface area contributed by atoms with Crippen LogP contribution in [0.15, 0.2) is 0 Å². The van der Waals surface area contributed by atoms with Crippen LogP contribution in [0.1, 0.15) is 32.6 Å². The topological polar surface area (TPSA) is 17.1 Å². The average molecular weight is 176 g/mol. The van der Waals surface area contributed by atoms with Crippen molar-refractivity contribution in [2.45, 2.75) is 37.9 Å². The summed E-state index contributed by atoms with van der Waals surface area (Å²) in [4.78, 5) is 10.8. The summed E-state index contributed by atoms with van der Waals surface area (Å²) < 4.78 is 0. The van der Waals surface area contributed by atoms with Gasteiger partial charge in [0.15, 0.2) is 5.12 Å². The van der Waals surface area contributed by atoms with E-state index >= 15 is 0 Å². The van der Waals surface area contributed by atoms with Crippen molar-refractivity contribution >= 4 is 25.8 Å². The Morgan fingerprint density at radius 3 is 2.40 bits per heavy atom. The number of hydrogen-bond acceptors (Lipinski definition) is 2. The molecule has 1 rings (SSSR count). The van der Waals surface area contributed by atoms with Crippen LogP contribution >= 0.6 is 0 Å². The molecule has 3 heteroatoms. The van der Waals surface area contributed by atoms with Gasteiger partial charge in [0, 0.05) is 12.2 Å². The Balaban J connectivity index is 2.48. The van der Waals surface area contributed by atoms with Gasteiger partial charge in [-0.1, -0.05) is 22.3 Å².